The molecule has 1 aliphatic heterocycles. The predicted molar refractivity (Wildman–Crippen MR) is 100 cm³/mol. The standard InChI is InChI=1S/C21H21F3N2O2/c22-21(23,24)17-8-4-15(5-9-17)12-13-25-20(28)16-6-10-18(11-7-16)26-14-2-1-3-19(26)27/h4-11H,1-3,12-14H2,(H,25,28). The van der Waals surface area contributed by atoms with Crippen molar-refractivity contribution >= 4 is 17.5 Å². The Labute approximate surface area is 161 Å². The number of halogens is 3. The first-order chi connectivity index (χ1) is 13.3. The average molecular weight is 390 g/mol. The van der Waals surface area contributed by atoms with E-state index in [9.17, 15) is 22.8 Å². The van der Waals surface area contributed by atoms with Crippen molar-refractivity contribution < 1.29 is 22.8 Å². The predicted octanol–water partition coefficient (Wildman–Crippen LogP) is 4.19. The normalized spacial score (nSPS) is 14.8. The van der Waals surface area contributed by atoms with Gasteiger partial charge in [0.05, 0.1) is 5.56 Å². The molecule has 1 saturated heterocycles. The van der Waals surface area contributed by atoms with E-state index in [1.54, 1.807) is 29.2 Å². The van der Waals surface area contributed by atoms with Crippen LogP contribution >= 0.6 is 0 Å². The monoisotopic (exact) mass is 390 g/mol. The van der Waals surface area contributed by atoms with Crippen LogP contribution in [0.4, 0.5) is 18.9 Å². The lowest BCUT2D eigenvalue weighted by atomic mass is 10.1. The van der Waals surface area contributed by atoms with Gasteiger partial charge in [0.25, 0.3) is 5.91 Å². The van der Waals surface area contributed by atoms with E-state index in [0.29, 0.717) is 37.1 Å². The Hall–Kier alpha value is -2.83. The highest BCUT2D eigenvalue weighted by Gasteiger charge is 2.29. The molecule has 1 aliphatic rings. The number of anilines is 1. The number of hydrogen-bond acceptors (Lipinski definition) is 2. The van der Waals surface area contributed by atoms with Crippen molar-refractivity contribution in [2.75, 3.05) is 18.0 Å². The van der Waals surface area contributed by atoms with Gasteiger partial charge in [0.2, 0.25) is 5.91 Å². The molecule has 2 aromatic rings. The van der Waals surface area contributed by atoms with Gasteiger partial charge in [0.1, 0.15) is 0 Å². The summed E-state index contributed by atoms with van der Waals surface area (Å²) in [5.41, 5.74) is 1.28. The Morgan fingerprint density at radius 2 is 1.68 bits per heavy atom. The minimum Gasteiger partial charge on any atom is -0.352 e. The van der Waals surface area contributed by atoms with Crippen LogP contribution in [0.5, 0.6) is 0 Å². The van der Waals surface area contributed by atoms with Crippen LogP contribution in [0, 0.1) is 0 Å². The number of alkyl halides is 3. The Morgan fingerprint density at radius 3 is 2.29 bits per heavy atom. The van der Waals surface area contributed by atoms with E-state index in [4.69, 9.17) is 0 Å². The maximum Gasteiger partial charge on any atom is 0.416 e. The van der Waals surface area contributed by atoms with Gasteiger partial charge < -0.3 is 10.2 Å². The number of hydrogen-bond donors (Lipinski definition) is 1. The van der Waals surface area contributed by atoms with Gasteiger partial charge in [-0.3, -0.25) is 9.59 Å². The molecule has 148 valence electrons. The van der Waals surface area contributed by atoms with Crippen molar-refractivity contribution in [2.45, 2.75) is 31.9 Å². The second-order valence-electron chi connectivity index (χ2n) is 6.75. The van der Waals surface area contributed by atoms with Gasteiger partial charge in [-0.25, -0.2) is 0 Å². The summed E-state index contributed by atoms with van der Waals surface area (Å²) in [5, 5.41) is 2.76. The summed E-state index contributed by atoms with van der Waals surface area (Å²) in [6, 6.07) is 11.8. The number of benzene rings is 2. The van der Waals surface area contributed by atoms with Crippen molar-refractivity contribution in [1.29, 1.82) is 0 Å². The van der Waals surface area contributed by atoms with Crippen LogP contribution in [0.3, 0.4) is 0 Å². The van der Waals surface area contributed by atoms with Gasteiger partial charge in [0, 0.05) is 30.8 Å². The van der Waals surface area contributed by atoms with Crippen molar-refractivity contribution in [3.63, 3.8) is 0 Å². The topological polar surface area (TPSA) is 49.4 Å². The first-order valence-electron chi connectivity index (χ1n) is 9.19. The van der Waals surface area contributed by atoms with Crippen LogP contribution in [-0.4, -0.2) is 24.9 Å². The molecule has 3 rings (SSSR count). The Kier molecular flexibility index (Phi) is 6.02. The Bertz CT molecular complexity index is 830. The fourth-order valence-electron chi connectivity index (χ4n) is 3.15. The van der Waals surface area contributed by atoms with Crippen LogP contribution in [0.1, 0.15) is 40.7 Å². The minimum atomic E-state index is -4.35. The molecule has 1 N–H and O–H groups in total. The van der Waals surface area contributed by atoms with Crippen LogP contribution in [-0.2, 0) is 17.4 Å². The summed E-state index contributed by atoms with van der Waals surface area (Å²) in [5.74, 6) is -0.163. The van der Waals surface area contributed by atoms with E-state index in [0.717, 1.165) is 30.7 Å². The highest BCUT2D eigenvalue weighted by atomic mass is 19.4. The number of nitrogens with zero attached hydrogens (tertiary/aromatic N) is 1. The Balaban J connectivity index is 1.51. The smallest absolute Gasteiger partial charge is 0.352 e. The van der Waals surface area contributed by atoms with Gasteiger partial charge in [-0.15, -0.1) is 0 Å². The fourth-order valence-corrected chi connectivity index (χ4v) is 3.15. The quantitative estimate of drug-likeness (QED) is 0.832. The van der Waals surface area contributed by atoms with Gasteiger partial charge in [-0.2, -0.15) is 13.2 Å². The second kappa shape index (κ2) is 8.46. The highest BCUT2D eigenvalue weighted by Crippen LogP contribution is 2.29. The van der Waals surface area contributed by atoms with Crippen LogP contribution in [0.15, 0.2) is 48.5 Å². The fraction of sp³-hybridized carbons (Fsp3) is 0.333. The van der Waals surface area contributed by atoms with Gasteiger partial charge >= 0.3 is 6.18 Å². The molecule has 0 radical (unpaired) electrons. The van der Waals surface area contributed by atoms with Crippen LogP contribution in [0.25, 0.3) is 0 Å². The number of amides is 2. The maximum absolute atomic E-state index is 12.6. The summed E-state index contributed by atoms with van der Waals surface area (Å²) < 4.78 is 37.7. The number of carbonyl (C=O) groups excluding carboxylic acids is 2. The van der Waals surface area contributed by atoms with Gasteiger partial charge in [0.15, 0.2) is 0 Å². The molecule has 2 amide bonds. The third kappa shape index (κ3) is 4.91. The molecule has 1 fully saturated rings. The number of carbonyl (C=O) groups is 2. The SMILES string of the molecule is O=C(NCCc1ccc(C(F)(F)F)cc1)c1ccc(N2CCCCC2=O)cc1. The van der Waals surface area contributed by atoms with E-state index in [-0.39, 0.29) is 11.8 Å². The van der Waals surface area contributed by atoms with Crippen LogP contribution in [0.2, 0.25) is 0 Å². The van der Waals surface area contributed by atoms with E-state index < -0.39 is 11.7 Å². The minimum absolute atomic E-state index is 0.0972. The van der Waals surface area contributed by atoms with Crippen molar-refractivity contribution in [1.82, 2.24) is 5.32 Å². The molecule has 0 aliphatic carbocycles. The molecule has 0 unspecified atom stereocenters. The Morgan fingerprint density at radius 1 is 1.00 bits per heavy atom. The highest BCUT2D eigenvalue weighted by molar-refractivity contribution is 5.96. The summed E-state index contributed by atoms with van der Waals surface area (Å²) in [6.45, 7) is 1.01. The third-order valence-corrected chi connectivity index (χ3v) is 4.75. The molecular weight excluding hydrogens is 369 g/mol. The summed E-state index contributed by atoms with van der Waals surface area (Å²) in [4.78, 5) is 25.9. The molecule has 28 heavy (non-hydrogen) atoms. The lowest BCUT2D eigenvalue weighted by Gasteiger charge is -2.26. The molecule has 1 heterocycles. The molecule has 0 aromatic heterocycles. The average Bonchev–Trinajstić information content (AvgIpc) is 2.68. The van der Waals surface area contributed by atoms with Gasteiger partial charge in [-0.1, -0.05) is 12.1 Å². The van der Waals surface area contributed by atoms with E-state index in [1.165, 1.54) is 12.1 Å². The molecular formula is C21H21F3N2O2. The van der Waals surface area contributed by atoms with Gasteiger partial charge in [-0.05, 0) is 61.2 Å². The zero-order valence-electron chi connectivity index (χ0n) is 15.3. The number of piperidine rings is 1. The molecule has 0 bridgehead atoms. The molecule has 0 spiro atoms. The molecule has 0 saturated carbocycles. The lowest BCUT2D eigenvalue weighted by Crippen LogP contribution is -2.35. The van der Waals surface area contributed by atoms with Crippen molar-refractivity contribution in [3.05, 3.63) is 65.2 Å². The second-order valence-corrected chi connectivity index (χ2v) is 6.75. The van der Waals surface area contributed by atoms with E-state index >= 15 is 0 Å². The molecule has 2 aromatic carbocycles. The molecule has 0 atom stereocenters. The first-order valence-corrected chi connectivity index (χ1v) is 9.19. The van der Waals surface area contributed by atoms with E-state index in [1.807, 2.05) is 0 Å². The maximum atomic E-state index is 12.6. The van der Waals surface area contributed by atoms with E-state index in [2.05, 4.69) is 5.32 Å². The molecule has 4 nitrogen and oxygen atoms in total. The first kappa shape index (κ1) is 19.9. The third-order valence-electron chi connectivity index (χ3n) is 4.75. The summed E-state index contributed by atoms with van der Waals surface area (Å²) in [6.07, 6.45) is -1.49. The summed E-state index contributed by atoms with van der Waals surface area (Å²) in [7, 11) is 0. The largest absolute Gasteiger partial charge is 0.416 e. The zero-order valence-corrected chi connectivity index (χ0v) is 15.3. The molecule has 7 heteroatoms. The van der Waals surface area contributed by atoms with Crippen LogP contribution < -0.4 is 10.2 Å². The number of nitrogens with one attached hydrogen (secondary N) is 1. The van der Waals surface area contributed by atoms with Crippen molar-refractivity contribution in [2.24, 2.45) is 0 Å². The zero-order chi connectivity index (χ0) is 20.1. The number of rotatable bonds is 5. The van der Waals surface area contributed by atoms with Crippen molar-refractivity contribution in [3.8, 4) is 0 Å². The lowest BCUT2D eigenvalue weighted by molar-refractivity contribution is -0.137. The summed E-state index contributed by atoms with van der Waals surface area (Å²) >= 11 is 0.